The molecule has 1 amide bonds. The highest BCUT2D eigenvalue weighted by atomic mass is 79.9. The van der Waals surface area contributed by atoms with Crippen molar-refractivity contribution in [2.75, 3.05) is 32.8 Å². The monoisotopic (exact) mass is 423 g/mol. The lowest BCUT2D eigenvalue weighted by Crippen LogP contribution is -2.23. The van der Waals surface area contributed by atoms with Gasteiger partial charge in [0.25, 0.3) is 5.91 Å². The average molecular weight is 424 g/mol. The van der Waals surface area contributed by atoms with Crippen LogP contribution in [-0.2, 0) is 14.3 Å². The van der Waals surface area contributed by atoms with Crippen molar-refractivity contribution in [3.8, 4) is 17.2 Å². The first-order valence-corrected chi connectivity index (χ1v) is 8.37. The zero-order valence-electron chi connectivity index (χ0n) is 14.3. The van der Waals surface area contributed by atoms with Crippen molar-refractivity contribution in [3.63, 3.8) is 0 Å². The lowest BCUT2D eigenvalue weighted by atomic mass is 10.2. The number of benzene rings is 2. The minimum Gasteiger partial charge on any atom is -0.497 e. The quantitative estimate of drug-likeness (QED) is 0.657. The van der Waals surface area contributed by atoms with E-state index in [2.05, 4.69) is 21.2 Å². The second kappa shape index (κ2) is 9.67. The first-order chi connectivity index (χ1) is 12.5. The lowest BCUT2D eigenvalue weighted by molar-refractivity contribution is -0.149. The van der Waals surface area contributed by atoms with E-state index in [0.29, 0.717) is 22.9 Å². The molecule has 8 heteroatoms. The van der Waals surface area contributed by atoms with Crippen LogP contribution < -0.4 is 19.5 Å². The molecule has 0 radical (unpaired) electrons. The number of halogens is 1. The van der Waals surface area contributed by atoms with Crippen molar-refractivity contribution < 1.29 is 28.5 Å². The summed E-state index contributed by atoms with van der Waals surface area (Å²) in [5.74, 6) is 0.371. The molecule has 0 saturated heterocycles. The Labute approximate surface area is 159 Å². The fourth-order valence-electron chi connectivity index (χ4n) is 1.98. The Bertz CT molecular complexity index is 780. The van der Waals surface area contributed by atoms with Crippen LogP contribution in [0.1, 0.15) is 0 Å². The Morgan fingerprint density at radius 3 is 2.50 bits per heavy atom. The van der Waals surface area contributed by atoms with E-state index in [1.54, 1.807) is 36.4 Å². The van der Waals surface area contributed by atoms with E-state index in [9.17, 15) is 9.59 Å². The number of esters is 1. The summed E-state index contributed by atoms with van der Waals surface area (Å²) in [6.07, 6.45) is 0. The number of amides is 1. The molecule has 0 heterocycles. The number of anilines is 1. The number of hydrogen-bond acceptors (Lipinski definition) is 6. The molecule has 2 aromatic carbocycles. The molecule has 0 unspecified atom stereocenters. The van der Waals surface area contributed by atoms with Gasteiger partial charge >= 0.3 is 5.97 Å². The van der Waals surface area contributed by atoms with Crippen LogP contribution in [0, 0.1) is 0 Å². The van der Waals surface area contributed by atoms with E-state index in [4.69, 9.17) is 18.9 Å². The van der Waals surface area contributed by atoms with Gasteiger partial charge in [0.05, 0.1) is 19.9 Å². The number of rotatable bonds is 8. The molecule has 0 bridgehead atoms. The topological polar surface area (TPSA) is 83.1 Å². The summed E-state index contributed by atoms with van der Waals surface area (Å²) in [7, 11) is 3.00. The Kier molecular flexibility index (Phi) is 7.28. The van der Waals surface area contributed by atoms with Gasteiger partial charge in [0, 0.05) is 10.5 Å². The van der Waals surface area contributed by atoms with Gasteiger partial charge in [-0.15, -0.1) is 0 Å². The smallest absolute Gasteiger partial charge is 0.344 e. The van der Waals surface area contributed by atoms with Crippen molar-refractivity contribution in [2.45, 2.75) is 0 Å². The van der Waals surface area contributed by atoms with E-state index in [-0.39, 0.29) is 6.61 Å². The van der Waals surface area contributed by atoms with E-state index in [1.165, 1.54) is 14.2 Å². The number of nitrogens with one attached hydrogen (secondary N) is 1. The van der Waals surface area contributed by atoms with Crippen molar-refractivity contribution >= 4 is 33.5 Å². The first kappa shape index (κ1) is 19.6. The molecule has 0 spiro atoms. The van der Waals surface area contributed by atoms with Crippen molar-refractivity contribution in [1.29, 1.82) is 0 Å². The minimum absolute atomic E-state index is 0.299. The molecule has 138 valence electrons. The maximum Gasteiger partial charge on any atom is 0.344 e. The summed E-state index contributed by atoms with van der Waals surface area (Å²) >= 11 is 3.30. The van der Waals surface area contributed by atoms with Crippen LogP contribution in [0.3, 0.4) is 0 Å². The largest absolute Gasteiger partial charge is 0.497 e. The van der Waals surface area contributed by atoms with Crippen LogP contribution >= 0.6 is 15.9 Å². The molecular formula is C18H18BrNO6. The normalized spacial score (nSPS) is 9.96. The molecule has 0 fully saturated rings. The summed E-state index contributed by atoms with van der Waals surface area (Å²) in [5, 5.41) is 2.60. The number of methoxy groups -OCH3 is 2. The van der Waals surface area contributed by atoms with Crippen LogP contribution in [0.4, 0.5) is 5.69 Å². The highest BCUT2D eigenvalue weighted by Crippen LogP contribution is 2.28. The summed E-state index contributed by atoms with van der Waals surface area (Å²) in [6, 6.07) is 12.0. The third-order valence-electron chi connectivity index (χ3n) is 3.20. The van der Waals surface area contributed by atoms with E-state index < -0.39 is 18.5 Å². The summed E-state index contributed by atoms with van der Waals surface area (Å²) in [5.41, 5.74) is 0.415. The highest BCUT2D eigenvalue weighted by molar-refractivity contribution is 9.10. The molecule has 0 atom stereocenters. The first-order valence-electron chi connectivity index (χ1n) is 7.57. The summed E-state index contributed by atoms with van der Waals surface area (Å²) in [4.78, 5) is 23.7. The molecule has 0 aromatic heterocycles. The second-order valence-electron chi connectivity index (χ2n) is 5.02. The number of hydrogen-bond donors (Lipinski definition) is 1. The third-order valence-corrected chi connectivity index (χ3v) is 3.69. The van der Waals surface area contributed by atoms with Gasteiger partial charge in [-0.05, 0) is 30.3 Å². The van der Waals surface area contributed by atoms with Gasteiger partial charge in [-0.3, -0.25) is 4.79 Å². The summed E-state index contributed by atoms with van der Waals surface area (Å²) in [6.45, 7) is -0.743. The van der Waals surface area contributed by atoms with Crippen LogP contribution in [0.2, 0.25) is 0 Å². The maximum atomic E-state index is 12.0. The van der Waals surface area contributed by atoms with Gasteiger partial charge in [-0.1, -0.05) is 22.0 Å². The molecule has 2 rings (SSSR count). The Morgan fingerprint density at radius 2 is 1.81 bits per heavy atom. The van der Waals surface area contributed by atoms with E-state index >= 15 is 0 Å². The Balaban J connectivity index is 1.82. The van der Waals surface area contributed by atoms with Crippen molar-refractivity contribution in [2.24, 2.45) is 0 Å². The van der Waals surface area contributed by atoms with E-state index in [0.717, 1.165) is 4.47 Å². The minimum atomic E-state index is -0.655. The molecule has 0 aliphatic heterocycles. The summed E-state index contributed by atoms with van der Waals surface area (Å²) < 4.78 is 21.3. The zero-order valence-corrected chi connectivity index (χ0v) is 15.9. The number of carbonyl (C=O) groups excluding carboxylic acids is 2. The number of ether oxygens (including phenoxy) is 4. The predicted octanol–water partition coefficient (Wildman–Crippen LogP) is 3.03. The van der Waals surface area contributed by atoms with Gasteiger partial charge in [-0.25, -0.2) is 4.79 Å². The number of carbonyl (C=O) groups is 2. The van der Waals surface area contributed by atoms with Gasteiger partial charge in [0.2, 0.25) is 0 Å². The molecule has 0 saturated carbocycles. The van der Waals surface area contributed by atoms with Crippen LogP contribution in [0.25, 0.3) is 0 Å². The fraction of sp³-hybridized carbons (Fsp3) is 0.222. The van der Waals surface area contributed by atoms with Crippen molar-refractivity contribution in [3.05, 3.63) is 46.9 Å². The van der Waals surface area contributed by atoms with Gasteiger partial charge in [0.15, 0.2) is 13.2 Å². The Hall–Kier alpha value is -2.74. The molecule has 2 aromatic rings. The third kappa shape index (κ3) is 5.96. The molecule has 0 aliphatic rings. The predicted molar refractivity (Wildman–Crippen MR) is 98.8 cm³/mol. The zero-order chi connectivity index (χ0) is 18.9. The molecule has 26 heavy (non-hydrogen) atoms. The SMILES string of the molecule is COc1ccc(OC)c(NC(=O)COC(=O)COc2cccc(Br)c2)c1. The standard InChI is InChI=1S/C18H18BrNO6/c1-23-13-6-7-16(24-2)15(9-13)20-17(21)10-26-18(22)11-25-14-5-3-4-12(19)8-14/h3-9H,10-11H2,1-2H3,(H,20,21). The van der Waals surface area contributed by atoms with Crippen LogP contribution in [0.15, 0.2) is 46.9 Å². The van der Waals surface area contributed by atoms with Gasteiger partial charge in [0.1, 0.15) is 17.2 Å². The highest BCUT2D eigenvalue weighted by Gasteiger charge is 2.12. The van der Waals surface area contributed by atoms with E-state index in [1.807, 2.05) is 6.07 Å². The molecular weight excluding hydrogens is 406 g/mol. The molecule has 1 N–H and O–H groups in total. The van der Waals surface area contributed by atoms with Crippen LogP contribution in [0.5, 0.6) is 17.2 Å². The fourth-order valence-corrected chi connectivity index (χ4v) is 2.36. The van der Waals surface area contributed by atoms with Gasteiger partial charge < -0.3 is 24.3 Å². The van der Waals surface area contributed by atoms with Crippen LogP contribution in [-0.4, -0.2) is 39.3 Å². The maximum absolute atomic E-state index is 12.0. The average Bonchev–Trinajstić information content (AvgIpc) is 2.64. The molecule has 0 aliphatic carbocycles. The van der Waals surface area contributed by atoms with Gasteiger partial charge in [-0.2, -0.15) is 0 Å². The molecule has 7 nitrogen and oxygen atoms in total. The van der Waals surface area contributed by atoms with Crippen molar-refractivity contribution in [1.82, 2.24) is 0 Å². The second-order valence-corrected chi connectivity index (χ2v) is 5.94. The lowest BCUT2D eigenvalue weighted by Gasteiger charge is -2.12. The Morgan fingerprint density at radius 1 is 1.00 bits per heavy atom.